The van der Waals surface area contributed by atoms with Crippen LogP contribution in [0.2, 0.25) is 0 Å². The summed E-state index contributed by atoms with van der Waals surface area (Å²) in [6.45, 7) is -0.165. The third-order valence-electron chi connectivity index (χ3n) is 4.24. The van der Waals surface area contributed by atoms with Crippen molar-refractivity contribution in [1.29, 1.82) is 0 Å². The molecule has 0 spiro atoms. The van der Waals surface area contributed by atoms with Crippen molar-refractivity contribution in [3.8, 4) is 0 Å². The Kier molecular flexibility index (Phi) is 3.92. The quantitative estimate of drug-likeness (QED) is 0.849. The van der Waals surface area contributed by atoms with Gasteiger partial charge in [0.25, 0.3) is 11.8 Å². The predicted octanol–water partition coefficient (Wildman–Crippen LogP) is 1.62. The summed E-state index contributed by atoms with van der Waals surface area (Å²) >= 11 is 0. The highest BCUT2D eigenvalue weighted by Gasteiger charge is 2.55. The summed E-state index contributed by atoms with van der Waals surface area (Å²) in [7, 11) is 0. The summed E-state index contributed by atoms with van der Waals surface area (Å²) in [6.07, 6.45) is 0. The number of fused-ring (bicyclic) bond motifs is 1. The molecule has 2 aliphatic heterocycles. The van der Waals surface area contributed by atoms with E-state index in [2.05, 4.69) is 15.7 Å². The van der Waals surface area contributed by atoms with Crippen LogP contribution in [0, 0.1) is 0 Å². The number of hydrogen-bond donors (Lipinski definition) is 1. The lowest BCUT2D eigenvalue weighted by Gasteiger charge is -2.20. The molecule has 4 rings (SSSR count). The molecule has 8 heteroatoms. The molecular formula is C18H15N5O3. The molecular weight excluding hydrogens is 334 g/mol. The van der Waals surface area contributed by atoms with E-state index in [9.17, 15) is 14.4 Å². The van der Waals surface area contributed by atoms with E-state index in [-0.39, 0.29) is 12.5 Å². The second kappa shape index (κ2) is 6.40. The number of amides is 3. The first-order valence-corrected chi connectivity index (χ1v) is 8.10. The summed E-state index contributed by atoms with van der Waals surface area (Å²) in [6, 6.07) is 15.8. The van der Waals surface area contributed by atoms with Crippen molar-refractivity contribution in [2.45, 2.75) is 12.1 Å². The van der Waals surface area contributed by atoms with E-state index >= 15 is 0 Å². The third-order valence-corrected chi connectivity index (χ3v) is 4.24. The van der Waals surface area contributed by atoms with Gasteiger partial charge < -0.3 is 5.32 Å². The summed E-state index contributed by atoms with van der Waals surface area (Å²) in [4.78, 5) is 38.6. The number of nitrogens with one attached hydrogen (secondary N) is 1. The molecule has 2 atom stereocenters. The van der Waals surface area contributed by atoms with E-state index in [0.29, 0.717) is 11.4 Å². The maximum Gasteiger partial charge on any atom is 0.263 e. The SMILES string of the molecule is O=C(CN1N=NC2C(=O)N(c3ccccc3)C(=O)C21)Nc1ccccc1. The van der Waals surface area contributed by atoms with Crippen LogP contribution in [0.3, 0.4) is 0 Å². The first kappa shape index (κ1) is 15.9. The molecule has 2 aliphatic rings. The molecule has 1 saturated heterocycles. The van der Waals surface area contributed by atoms with Crippen molar-refractivity contribution in [2.24, 2.45) is 10.3 Å². The lowest BCUT2D eigenvalue weighted by Crippen LogP contribution is -2.43. The van der Waals surface area contributed by atoms with Crippen molar-refractivity contribution < 1.29 is 14.4 Å². The van der Waals surface area contributed by atoms with Crippen LogP contribution >= 0.6 is 0 Å². The van der Waals surface area contributed by atoms with Crippen LogP contribution in [-0.2, 0) is 14.4 Å². The van der Waals surface area contributed by atoms with Gasteiger partial charge >= 0.3 is 0 Å². The number of imide groups is 1. The molecule has 130 valence electrons. The molecule has 2 heterocycles. The Morgan fingerprint density at radius 2 is 1.62 bits per heavy atom. The minimum absolute atomic E-state index is 0.165. The van der Waals surface area contributed by atoms with Gasteiger partial charge in [-0.25, -0.2) is 4.90 Å². The zero-order valence-electron chi connectivity index (χ0n) is 13.6. The van der Waals surface area contributed by atoms with Gasteiger partial charge in [0.05, 0.1) is 5.69 Å². The highest BCUT2D eigenvalue weighted by Crippen LogP contribution is 2.31. The monoisotopic (exact) mass is 349 g/mol. The largest absolute Gasteiger partial charge is 0.324 e. The van der Waals surface area contributed by atoms with Crippen molar-refractivity contribution in [1.82, 2.24) is 5.01 Å². The van der Waals surface area contributed by atoms with Crippen LogP contribution in [0.4, 0.5) is 11.4 Å². The number of carbonyl (C=O) groups is 3. The van der Waals surface area contributed by atoms with Crippen molar-refractivity contribution in [3.63, 3.8) is 0 Å². The Bertz CT molecular complexity index is 884. The first-order chi connectivity index (χ1) is 12.6. The van der Waals surface area contributed by atoms with Crippen molar-refractivity contribution in [2.75, 3.05) is 16.8 Å². The van der Waals surface area contributed by atoms with Crippen LogP contribution < -0.4 is 10.2 Å². The normalized spacial score (nSPS) is 21.2. The van der Waals surface area contributed by atoms with Crippen molar-refractivity contribution >= 4 is 29.1 Å². The molecule has 2 unspecified atom stereocenters. The van der Waals surface area contributed by atoms with Crippen LogP contribution in [0.1, 0.15) is 0 Å². The lowest BCUT2D eigenvalue weighted by atomic mass is 10.1. The summed E-state index contributed by atoms with van der Waals surface area (Å²) in [5.41, 5.74) is 1.13. The lowest BCUT2D eigenvalue weighted by molar-refractivity contribution is -0.123. The van der Waals surface area contributed by atoms with Gasteiger partial charge in [-0.05, 0) is 24.3 Å². The second-order valence-corrected chi connectivity index (χ2v) is 5.95. The van der Waals surface area contributed by atoms with Gasteiger partial charge in [0, 0.05) is 5.69 Å². The fourth-order valence-corrected chi connectivity index (χ4v) is 3.05. The van der Waals surface area contributed by atoms with Crippen LogP contribution in [0.5, 0.6) is 0 Å². The number of rotatable bonds is 4. The molecule has 1 fully saturated rings. The highest BCUT2D eigenvalue weighted by molar-refractivity contribution is 6.25. The summed E-state index contributed by atoms with van der Waals surface area (Å²) in [5.74, 6) is -1.20. The number of benzene rings is 2. The average Bonchev–Trinajstić information content (AvgIpc) is 3.17. The Morgan fingerprint density at radius 1 is 0.962 bits per heavy atom. The zero-order chi connectivity index (χ0) is 18.1. The second-order valence-electron chi connectivity index (χ2n) is 5.95. The Morgan fingerprint density at radius 3 is 2.31 bits per heavy atom. The van der Waals surface area contributed by atoms with Crippen LogP contribution in [0.15, 0.2) is 71.0 Å². The molecule has 8 nitrogen and oxygen atoms in total. The number of hydrogen-bond acceptors (Lipinski definition) is 6. The maximum atomic E-state index is 12.8. The number of para-hydroxylation sites is 2. The van der Waals surface area contributed by atoms with Gasteiger partial charge in [-0.1, -0.05) is 41.6 Å². The Labute approximate surface area is 149 Å². The topological polar surface area (TPSA) is 94.4 Å². The zero-order valence-corrected chi connectivity index (χ0v) is 13.6. The van der Waals surface area contributed by atoms with Crippen molar-refractivity contribution in [3.05, 3.63) is 60.7 Å². The van der Waals surface area contributed by atoms with Gasteiger partial charge in [-0.2, -0.15) is 5.11 Å². The predicted molar refractivity (Wildman–Crippen MR) is 93.1 cm³/mol. The van der Waals surface area contributed by atoms with E-state index in [0.717, 1.165) is 4.90 Å². The minimum Gasteiger partial charge on any atom is -0.324 e. The van der Waals surface area contributed by atoms with Crippen LogP contribution in [-0.4, -0.2) is 41.4 Å². The summed E-state index contributed by atoms with van der Waals surface area (Å²) < 4.78 is 0. The van der Waals surface area contributed by atoms with Gasteiger partial charge in [-0.3, -0.25) is 19.4 Å². The van der Waals surface area contributed by atoms with E-state index in [1.54, 1.807) is 54.6 Å². The number of nitrogens with zero attached hydrogens (tertiary/aromatic N) is 4. The van der Waals surface area contributed by atoms with Gasteiger partial charge in [0.2, 0.25) is 5.91 Å². The molecule has 0 radical (unpaired) electrons. The fraction of sp³-hybridized carbons (Fsp3) is 0.167. The van der Waals surface area contributed by atoms with E-state index in [1.165, 1.54) is 5.01 Å². The van der Waals surface area contributed by atoms with Crippen LogP contribution in [0.25, 0.3) is 0 Å². The summed E-state index contributed by atoms with van der Waals surface area (Å²) in [5, 5.41) is 11.8. The fourth-order valence-electron chi connectivity index (χ4n) is 3.05. The van der Waals surface area contributed by atoms with Gasteiger partial charge in [-0.15, -0.1) is 0 Å². The molecule has 0 aromatic heterocycles. The number of carbonyl (C=O) groups excluding carboxylic acids is 3. The molecule has 0 saturated carbocycles. The first-order valence-electron chi connectivity index (χ1n) is 8.10. The number of anilines is 2. The molecule has 2 aromatic carbocycles. The van der Waals surface area contributed by atoms with E-state index in [4.69, 9.17) is 0 Å². The van der Waals surface area contributed by atoms with Gasteiger partial charge in [0.15, 0.2) is 12.1 Å². The molecule has 0 aliphatic carbocycles. The highest BCUT2D eigenvalue weighted by atomic mass is 16.2. The molecule has 26 heavy (non-hydrogen) atoms. The van der Waals surface area contributed by atoms with E-state index in [1.807, 2.05) is 6.07 Å². The minimum atomic E-state index is -0.910. The molecule has 1 N–H and O–H groups in total. The standard InChI is InChI=1S/C18H15N5O3/c24-14(19-12-7-3-1-4-8-12)11-22-16-15(20-21-22)17(25)23(18(16)26)13-9-5-2-6-10-13/h1-10,15-16H,11H2,(H,19,24). The maximum absolute atomic E-state index is 12.8. The Balaban J connectivity index is 1.49. The molecule has 3 amide bonds. The third kappa shape index (κ3) is 2.71. The van der Waals surface area contributed by atoms with Gasteiger partial charge in [0.1, 0.15) is 6.54 Å². The molecule has 2 aromatic rings. The van der Waals surface area contributed by atoms with E-state index < -0.39 is 23.9 Å². The smallest absolute Gasteiger partial charge is 0.263 e. The molecule has 0 bridgehead atoms. The average molecular weight is 349 g/mol. The Hall–Kier alpha value is -3.55.